The normalized spacial score (nSPS) is 15.8. The number of carbonyl (C=O) groups is 2. The molecule has 0 radical (unpaired) electrons. The molecule has 3 saturated carbocycles. The third-order valence-corrected chi connectivity index (χ3v) is 12.1. The summed E-state index contributed by atoms with van der Waals surface area (Å²) in [5, 5.41) is 8.28. The van der Waals surface area contributed by atoms with E-state index >= 15 is 4.39 Å². The van der Waals surface area contributed by atoms with Crippen LogP contribution in [0.3, 0.4) is 0 Å². The first-order valence-corrected chi connectivity index (χ1v) is 19.2. The van der Waals surface area contributed by atoms with E-state index in [0.717, 1.165) is 42.4 Å². The molecule has 0 unspecified atom stereocenters. The summed E-state index contributed by atoms with van der Waals surface area (Å²) in [5.74, 6) is -10.4. The van der Waals surface area contributed by atoms with Gasteiger partial charge in [0.15, 0.2) is 23.3 Å². The molecule has 3 aliphatic carbocycles. The third kappa shape index (κ3) is 7.89. The molecular formula is C38H32Cl2F4N2O6S. The van der Waals surface area contributed by atoms with Crippen LogP contribution < -0.4 is 9.64 Å². The Bertz CT molecular complexity index is 2190. The summed E-state index contributed by atoms with van der Waals surface area (Å²) in [7, 11) is -5.41. The van der Waals surface area contributed by atoms with Crippen molar-refractivity contribution in [1.82, 2.24) is 4.31 Å². The number of aromatic carboxylic acids is 1. The highest BCUT2D eigenvalue weighted by Crippen LogP contribution is 2.46. The topological polar surface area (TPSA) is 104 Å². The van der Waals surface area contributed by atoms with Crippen molar-refractivity contribution in [3.63, 3.8) is 0 Å². The SMILES string of the molecule is O=C(O)c1ccc(N(Cc2cc(C3CC3)cc(C3CC3)c2)C(=O)CN(Cc2ccccc2Cl)S(=O)(=O)c2c(F)c(F)c(F)c(F)c2Cl)c(OC2CC2)c1. The number of rotatable bonds is 14. The number of halogens is 6. The molecule has 7 rings (SSSR count). The van der Waals surface area contributed by atoms with Gasteiger partial charge in [-0.05, 0) is 96.9 Å². The molecule has 0 heterocycles. The van der Waals surface area contributed by atoms with Crippen molar-refractivity contribution in [3.8, 4) is 5.75 Å². The molecule has 0 atom stereocenters. The summed E-state index contributed by atoms with van der Waals surface area (Å²) in [4.78, 5) is 26.2. The van der Waals surface area contributed by atoms with Gasteiger partial charge in [0.1, 0.15) is 15.7 Å². The molecule has 1 amide bonds. The Morgan fingerprint density at radius 3 is 2.00 bits per heavy atom. The second-order valence-electron chi connectivity index (χ2n) is 13.6. The zero-order valence-electron chi connectivity index (χ0n) is 27.9. The second kappa shape index (κ2) is 14.6. The summed E-state index contributed by atoms with van der Waals surface area (Å²) < 4.78 is 93.5. The number of benzene rings is 4. The maximum absolute atomic E-state index is 15.3. The fourth-order valence-corrected chi connectivity index (χ4v) is 8.31. The maximum Gasteiger partial charge on any atom is 0.335 e. The minimum Gasteiger partial charge on any atom is -0.488 e. The molecule has 0 spiro atoms. The predicted molar refractivity (Wildman–Crippen MR) is 189 cm³/mol. The highest BCUT2D eigenvalue weighted by atomic mass is 35.5. The Morgan fingerprint density at radius 2 is 1.42 bits per heavy atom. The van der Waals surface area contributed by atoms with Crippen molar-refractivity contribution in [1.29, 1.82) is 0 Å². The van der Waals surface area contributed by atoms with Gasteiger partial charge in [-0.15, -0.1) is 0 Å². The summed E-state index contributed by atoms with van der Waals surface area (Å²) in [6.45, 7) is -1.85. The van der Waals surface area contributed by atoms with E-state index in [1.165, 1.54) is 41.3 Å². The average molecular weight is 792 g/mol. The first kappa shape index (κ1) is 37.2. The minimum absolute atomic E-state index is 0.0638. The molecule has 278 valence electrons. The van der Waals surface area contributed by atoms with Crippen molar-refractivity contribution < 1.29 is 45.4 Å². The highest BCUT2D eigenvalue weighted by Gasteiger charge is 2.39. The van der Waals surface area contributed by atoms with Gasteiger partial charge in [0.05, 0.1) is 30.4 Å². The number of hydrogen-bond donors (Lipinski definition) is 1. The number of hydrogen-bond acceptors (Lipinski definition) is 5. The van der Waals surface area contributed by atoms with Gasteiger partial charge in [-0.25, -0.2) is 30.8 Å². The van der Waals surface area contributed by atoms with Crippen LogP contribution >= 0.6 is 23.2 Å². The molecule has 0 saturated heterocycles. The first-order chi connectivity index (χ1) is 25.2. The van der Waals surface area contributed by atoms with E-state index in [-0.39, 0.29) is 40.2 Å². The Labute approximate surface area is 312 Å². The highest BCUT2D eigenvalue weighted by molar-refractivity contribution is 7.89. The number of anilines is 1. The number of nitrogens with zero attached hydrogens (tertiary/aromatic N) is 2. The largest absolute Gasteiger partial charge is 0.488 e. The standard InChI is InChI=1S/C38H32Cl2F4N2O6S/c39-28-4-2-1-3-24(28)18-45(53(50,51)37-32(40)33(41)34(42)35(43)36(37)44)19-31(47)46(29-12-9-23(38(48)49)16-30(29)52-27-10-11-27)17-20-13-25(21-5-6-21)15-26(14-20)22-7-8-22/h1-4,9,12-16,21-22,27H,5-8,10-11,17-19H2,(H,48,49). The van der Waals surface area contributed by atoms with Gasteiger partial charge in [-0.2, -0.15) is 4.31 Å². The molecule has 0 aliphatic heterocycles. The van der Waals surface area contributed by atoms with Gasteiger partial charge in [-0.3, -0.25) is 4.79 Å². The number of carboxylic acids is 1. The number of carbonyl (C=O) groups excluding carboxylic acids is 1. The maximum atomic E-state index is 15.3. The summed E-state index contributed by atoms with van der Waals surface area (Å²) in [5.41, 5.74) is 3.11. The predicted octanol–water partition coefficient (Wildman–Crippen LogP) is 8.97. The minimum atomic E-state index is -5.41. The Balaban J connectivity index is 1.34. The molecule has 0 bridgehead atoms. The Kier molecular flexibility index (Phi) is 10.2. The van der Waals surface area contributed by atoms with Gasteiger partial charge in [0.2, 0.25) is 15.9 Å². The van der Waals surface area contributed by atoms with Crippen LogP contribution in [0.25, 0.3) is 0 Å². The van der Waals surface area contributed by atoms with E-state index in [1.807, 2.05) is 12.1 Å². The van der Waals surface area contributed by atoms with Crippen LogP contribution in [0.2, 0.25) is 10.0 Å². The van der Waals surface area contributed by atoms with E-state index in [4.69, 9.17) is 27.9 Å². The molecule has 0 aromatic heterocycles. The van der Waals surface area contributed by atoms with E-state index < -0.39 is 68.2 Å². The molecular weight excluding hydrogens is 759 g/mol. The zero-order valence-corrected chi connectivity index (χ0v) is 30.3. The molecule has 4 aromatic carbocycles. The van der Waals surface area contributed by atoms with Crippen LogP contribution in [0.4, 0.5) is 23.2 Å². The summed E-state index contributed by atoms with van der Waals surface area (Å²) in [6.07, 6.45) is 5.23. The molecule has 15 heteroatoms. The zero-order chi connectivity index (χ0) is 37.8. The molecule has 3 fully saturated rings. The fraction of sp³-hybridized carbons (Fsp3) is 0.316. The van der Waals surface area contributed by atoms with Crippen molar-refractivity contribution in [2.45, 2.75) is 74.4 Å². The summed E-state index contributed by atoms with van der Waals surface area (Å²) in [6, 6.07) is 16.1. The van der Waals surface area contributed by atoms with Crippen LogP contribution in [-0.4, -0.2) is 42.4 Å². The number of amides is 1. The van der Waals surface area contributed by atoms with Gasteiger partial charge in [-0.1, -0.05) is 59.6 Å². The Morgan fingerprint density at radius 1 is 0.792 bits per heavy atom. The van der Waals surface area contributed by atoms with Crippen LogP contribution in [0.15, 0.2) is 65.6 Å². The summed E-state index contributed by atoms with van der Waals surface area (Å²) >= 11 is 12.2. The van der Waals surface area contributed by atoms with Crippen molar-refractivity contribution in [3.05, 3.63) is 122 Å². The lowest BCUT2D eigenvalue weighted by molar-refractivity contribution is -0.119. The van der Waals surface area contributed by atoms with E-state index in [1.54, 1.807) is 6.07 Å². The molecule has 1 N–H and O–H groups in total. The van der Waals surface area contributed by atoms with E-state index in [9.17, 15) is 36.3 Å². The average Bonchev–Trinajstić information content (AvgIpc) is 3.95. The smallest absolute Gasteiger partial charge is 0.335 e. The molecule has 8 nitrogen and oxygen atoms in total. The van der Waals surface area contributed by atoms with Crippen LogP contribution in [-0.2, 0) is 27.9 Å². The lowest BCUT2D eigenvalue weighted by atomic mass is 9.99. The quantitative estimate of drug-likeness (QED) is 0.0778. The van der Waals surface area contributed by atoms with E-state index in [2.05, 4.69) is 6.07 Å². The fourth-order valence-electron chi connectivity index (χ4n) is 6.18. The number of carboxylic acid groups (broad SMARTS) is 1. The van der Waals surface area contributed by atoms with Crippen LogP contribution in [0.5, 0.6) is 5.75 Å². The second-order valence-corrected chi connectivity index (χ2v) is 16.3. The Hall–Kier alpha value is -4.17. The van der Waals surface area contributed by atoms with Crippen LogP contribution in [0, 0.1) is 23.3 Å². The lowest BCUT2D eigenvalue weighted by Crippen LogP contribution is -2.43. The van der Waals surface area contributed by atoms with Crippen molar-refractivity contribution >= 4 is 50.8 Å². The number of sulfonamides is 1. The van der Waals surface area contributed by atoms with E-state index in [0.29, 0.717) is 29.0 Å². The van der Waals surface area contributed by atoms with Crippen molar-refractivity contribution in [2.24, 2.45) is 0 Å². The lowest BCUT2D eigenvalue weighted by Gasteiger charge is -2.29. The van der Waals surface area contributed by atoms with Crippen LogP contribution in [0.1, 0.15) is 83.0 Å². The van der Waals surface area contributed by atoms with Gasteiger partial charge in [0, 0.05) is 11.6 Å². The van der Waals surface area contributed by atoms with Gasteiger partial charge in [0.25, 0.3) is 0 Å². The van der Waals surface area contributed by atoms with Gasteiger partial charge < -0.3 is 14.7 Å². The monoisotopic (exact) mass is 790 g/mol. The molecule has 53 heavy (non-hydrogen) atoms. The van der Waals surface area contributed by atoms with Crippen molar-refractivity contribution in [2.75, 3.05) is 11.4 Å². The molecule has 3 aliphatic rings. The molecule has 4 aromatic rings. The third-order valence-electron chi connectivity index (χ3n) is 9.48. The first-order valence-electron chi connectivity index (χ1n) is 17.0. The number of ether oxygens (including phenoxy) is 1. The van der Waals surface area contributed by atoms with Gasteiger partial charge >= 0.3 is 5.97 Å².